The van der Waals surface area contributed by atoms with E-state index in [1.807, 2.05) is 36.2 Å². The third kappa shape index (κ3) is 4.03. The minimum atomic E-state index is -4.51. The van der Waals surface area contributed by atoms with Crippen LogP contribution in [-0.2, 0) is 11.0 Å². The maximum Gasteiger partial charge on any atom is 0.416 e. The normalized spacial score (nSPS) is 19.3. The van der Waals surface area contributed by atoms with E-state index >= 15 is 0 Å². The van der Waals surface area contributed by atoms with Crippen LogP contribution in [0.3, 0.4) is 0 Å². The van der Waals surface area contributed by atoms with Gasteiger partial charge in [0.1, 0.15) is 10.7 Å². The average Bonchev–Trinajstić information content (AvgIpc) is 3.30. The Kier molecular flexibility index (Phi) is 5.57. The molecule has 172 valence electrons. The van der Waals surface area contributed by atoms with Gasteiger partial charge >= 0.3 is 6.18 Å². The molecule has 0 aliphatic carbocycles. The molecular formula is C24H16F3N3O2S2. The summed E-state index contributed by atoms with van der Waals surface area (Å²) in [7, 11) is 1.86. The van der Waals surface area contributed by atoms with Crippen LogP contribution in [0.4, 0.5) is 30.2 Å². The number of hydrogen-bond donors (Lipinski definition) is 1. The number of alkyl halides is 3. The molecule has 5 nitrogen and oxygen atoms in total. The molecule has 5 rings (SSSR count). The number of phenols is 1. The molecule has 0 saturated carbocycles. The molecule has 1 N–H and O–H groups in total. The fraction of sp³-hybridized carbons (Fsp3) is 0.0833. The Bertz CT molecular complexity index is 1350. The van der Waals surface area contributed by atoms with Crippen molar-refractivity contribution in [1.82, 2.24) is 0 Å². The first-order valence-electron chi connectivity index (χ1n) is 10.0. The third-order valence-corrected chi connectivity index (χ3v) is 7.61. The Morgan fingerprint density at radius 2 is 1.68 bits per heavy atom. The Hall–Kier alpha value is -3.37. The van der Waals surface area contributed by atoms with Crippen molar-refractivity contribution in [3.05, 3.63) is 88.3 Å². The maximum atomic E-state index is 13.6. The molecule has 2 heterocycles. The summed E-state index contributed by atoms with van der Waals surface area (Å²) >= 11 is 2.56. The molecule has 1 fully saturated rings. The van der Waals surface area contributed by atoms with Crippen LogP contribution < -0.4 is 9.80 Å². The van der Waals surface area contributed by atoms with Crippen molar-refractivity contribution in [1.29, 1.82) is 0 Å². The van der Waals surface area contributed by atoms with Crippen LogP contribution >= 0.6 is 23.5 Å². The summed E-state index contributed by atoms with van der Waals surface area (Å²) in [6.45, 7) is 0. The van der Waals surface area contributed by atoms with Crippen molar-refractivity contribution in [2.45, 2.75) is 11.1 Å². The van der Waals surface area contributed by atoms with Crippen LogP contribution in [0.25, 0.3) is 0 Å². The monoisotopic (exact) mass is 499 g/mol. The Morgan fingerprint density at radius 1 is 0.941 bits per heavy atom. The van der Waals surface area contributed by atoms with E-state index in [9.17, 15) is 23.1 Å². The number of fused-ring (bicyclic) bond motifs is 1. The van der Waals surface area contributed by atoms with E-state index in [2.05, 4.69) is 4.99 Å². The van der Waals surface area contributed by atoms with E-state index in [4.69, 9.17) is 0 Å². The van der Waals surface area contributed by atoms with Gasteiger partial charge in [0.25, 0.3) is 5.91 Å². The Labute approximate surface area is 201 Å². The summed E-state index contributed by atoms with van der Waals surface area (Å²) < 4.78 is 39.6. The van der Waals surface area contributed by atoms with Crippen molar-refractivity contribution in [2.75, 3.05) is 16.8 Å². The molecule has 3 aromatic rings. The highest BCUT2D eigenvalue weighted by molar-refractivity contribution is 8.20. The predicted octanol–water partition coefficient (Wildman–Crippen LogP) is 6.59. The number of anilines is 2. The first-order valence-corrected chi connectivity index (χ1v) is 11.7. The second kappa shape index (κ2) is 8.44. The van der Waals surface area contributed by atoms with Crippen LogP contribution in [0, 0.1) is 0 Å². The number of halogens is 3. The number of phenolic OH excluding ortho intramolecular Hbond substituents is 1. The smallest absolute Gasteiger partial charge is 0.416 e. The molecule has 1 saturated heterocycles. The molecule has 10 heteroatoms. The van der Waals surface area contributed by atoms with E-state index in [0.29, 0.717) is 15.6 Å². The molecule has 0 unspecified atom stereocenters. The molecule has 1 amide bonds. The number of rotatable bonds is 2. The van der Waals surface area contributed by atoms with Crippen molar-refractivity contribution in [3.8, 4) is 5.75 Å². The van der Waals surface area contributed by atoms with Crippen LogP contribution in [0.15, 0.2) is 92.6 Å². The number of amidine groups is 1. The van der Waals surface area contributed by atoms with Gasteiger partial charge in [0.05, 0.1) is 27.7 Å². The Balaban J connectivity index is 1.61. The molecule has 0 bridgehead atoms. The lowest BCUT2D eigenvalue weighted by Gasteiger charge is -2.17. The number of thioether (sulfide) groups is 2. The molecule has 0 aromatic heterocycles. The van der Waals surface area contributed by atoms with Crippen molar-refractivity contribution in [2.24, 2.45) is 4.99 Å². The number of carbonyl (C=O) groups is 1. The molecule has 2 aliphatic heterocycles. The Morgan fingerprint density at radius 3 is 2.38 bits per heavy atom. The van der Waals surface area contributed by atoms with Crippen LogP contribution in [0.1, 0.15) is 5.56 Å². The van der Waals surface area contributed by atoms with Gasteiger partial charge in [-0.15, -0.1) is 0 Å². The number of amides is 1. The SMILES string of the molecule is CN1C(=C2SC(=Nc3cccc(C(F)(F)F)c3)N(c3ccc(O)cc3)C2=O)Sc2ccccc21. The lowest BCUT2D eigenvalue weighted by Crippen LogP contribution is -2.29. The topological polar surface area (TPSA) is 56.1 Å². The number of benzene rings is 3. The summed E-state index contributed by atoms with van der Waals surface area (Å²) in [4.78, 5) is 22.7. The molecule has 3 aromatic carbocycles. The van der Waals surface area contributed by atoms with Gasteiger partial charge in [-0.2, -0.15) is 13.2 Å². The van der Waals surface area contributed by atoms with Crippen molar-refractivity contribution < 1.29 is 23.1 Å². The third-order valence-electron chi connectivity index (χ3n) is 5.22. The molecule has 0 spiro atoms. The minimum Gasteiger partial charge on any atom is -0.508 e. The van der Waals surface area contributed by atoms with Gasteiger partial charge in [0, 0.05) is 11.9 Å². The zero-order valence-corrected chi connectivity index (χ0v) is 19.2. The van der Waals surface area contributed by atoms with Gasteiger partial charge in [0.2, 0.25) is 0 Å². The highest BCUT2D eigenvalue weighted by atomic mass is 32.2. The zero-order valence-electron chi connectivity index (χ0n) is 17.6. The average molecular weight is 500 g/mol. The summed E-state index contributed by atoms with van der Waals surface area (Å²) in [5.41, 5.74) is 0.665. The number of aliphatic imine (C=N–C) groups is 1. The van der Waals surface area contributed by atoms with E-state index < -0.39 is 11.7 Å². The van der Waals surface area contributed by atoms with Gasteiger partial charge < -0.3 is 10.0 Å². The second-order valence-corrected chi connectivity index (χ2v) is 9.47. The first kappa shape index (κ1) is 22.4. The van der Waals surface area contributed by atoms with Crippen LogP contribution in [0.2, 0.25) is 0 Å². The summed E-state index contributed by atoms with van der Waals surface area (Å²) in [5, 5.41) is 10.6. The minimum absolute atomic E-state index is 0.0273. The molecule has 2 aliphatic rings. The number of hydrogen-bond acceptors (Lipinski definition) is 6. The van der Waals surface area contributed by atoms with Crippen LogP contribution in [0.5, 0.6) is 5.75 Å². The number of nitrogens with zero attached hydrogens (tertiary/aromatic N) is 3. The summed E-state index contributed by atoms with van der Waals surface area (Å²) in [5.74, 6) is -0.317. The van der Waals surface area contributed by atoms with Gasteiger partial charge in [0.15, 0.2) is 5.17 Å². The molecular weight excluding hydrogens is 483 g/mol. The van der Waals surface area contributed by atoms with E-state index in [1.165, 1.54) is 40.9 Å². The quantitative estimate of drug-likeness (QED) is 0.403. The highest BCUT2D eigenvalue weighted by Gasteiger charge is 2.40. The predicted molar refractivity (Wildman–Crippen MR) is 129 cm³/mol. The molecule has 34 heavy (non-hydrogen) atoms. The van der Waals surface area contributed by atoms with Crippen molar-refractivity contribution in [3.63, 3.8) is 0 Å². The van der Waals surface area contributed by atoms with Gasteiger partial charge in [-0.25, -0.2) is 4.99 Å². The van der Waals surface area contributed by atoms with Gasteiger partial charge in [-0.3, -0.25) is 9.69 Å². The lowest BCUT2D eigenvalue weighted by atomic mass is 10.2. The lowest BCUT2D eigenvalue weighted by molar-refractivity contribution is -0.137. The molecule has 0 radical (unpaired) electrons. The number of aromatic hydroxyl groups is 1. The van der Waals surface area contributed by atoms with Gasteiger partial charge in [-0.1, -0.05) is 30.0 Å². The molecule has 0 atom stereocenters. The maximum absolute atomic E-state index is 13.6. The fourth-order valence-corrected chi connectivity index (χ4v) is 5.92. The summed E-state index contributed by atoms with van der Waals surface area (Å²) in [6.07, 6.45) is -4.51. The van der Waals surface area contributed by atoms with Crippen molar-refractivity contribution >= 4 is 51.7 Å². The number of carbonyl (C=O) groups excluding carboxylic acids is 1. The standard InChI is InChI=1S/C24H16F3N3O2S2/c1-29-18-7-2-3-8-19(18)33-22(29)20-21(32)30(16-9-11-17(31)12-10-16)23(34-20)28-15-6-4-5-14(13-15)24(25,26)27/h2-13,31H,1H3. The number of para-hydroxylation sites is 1. The zero-order chi connectivity index (χ0) is 24.0. The first-order chi connectivity index (χ1) is 16.2. The van der Waals surface area contributed by atoms with E-state index in [-0.39, 0.29) is 22.5 Å². The van der Waals surface area contributed by atoms with E-state index in [1.54, 1.807) is 12.1 Å². The van der Waals surface area contributed by atoms with Gasteiger partial charge in [-0.05, 0) is 66.4 Å². The van der Waals surface area contributed by atoms with E-state index in [0.717, 1.165) is 34.5 Å². The highest BCUT2D eigenvalue weighted by Crippen LogP contribution is 2.50. The largest absolute Gasteiger partial charge is 0.508 e. The van der Waals surface area contributed by atoms with Crippen LogP contribution in [-0.4, -0.2) is 23.2 Å². The fourth-order valence-electron chi connectivity index (χ4n) is 3.57. The second-order valence-electron chi connectivity index (χ2n) is 7.46. The summed E-state index contributed by atoms with van der Waals surface area (Å²) in [6, 6.07) is 18.4.